The number of anilines is 2. The van der Waals surface area contributed by atoms with Crippen molar-refractivity contribution in [1.29, 1.82) is 0 Å². The van der Waals surface area contributed by atoms with Crippen molar-refractivity contribution in [2.45, 2.75) is 0 Å². The van der Waals surface area contributed by atoms with E-state index < -0.39 is 5.97 Å². The van der Waals surface area contributed by atoms with Crippen molar-refractivity contribution in [3.8, 4) is 0 Å². The Morgan fingerprint density at radius 1 is 1.69 bits per heavy atom. The molecular weight excluding hydrogens is 172 g/mol. The van der Waals surface area contributed by atoms with Crippen LogP contribution in [0, 0.1) is 0 Å². The van der Waals surface area contributed by atoms with Crippen LogP contribution in [-0.4, -0.2) is 41.4 Å². The molecule has 0 saturated carbocycles. The van der Waals surface area contributed by atoms with E-state index in [-0.39, 0.29) is 5.69 Å². The van der Waals surface area contributed by atoms with Crippen LogP contribution >= 0.6 is 0 Å². The van der Waals surface area contributed by atoms with Gasteiger partial charge in [-0.1, -0.05) is 0 Å². The van der Waals surface area contributed by atoms with Crippen molar-refractivity contribution in [2.75, 3.05) is 30.4 Å². The average molecular weight is 182 g/mol. The van der Waals surface area contributed by atoms with Gasteiger partial charge >= 0.3 is 5.97 Å². The first-order valence-electron chi connectivity index (χ1n) is 3.97. The second-order valence-electron chi connectivity index (χ2n) is 2.95. The molecule has 0 spiro atoms. The highest BCUT2D eigenvalue weighted by Gasteiger charge is 2.24. The van der Waals surface area contributed by atoms with Crippen molar-refractivity contribution >= 4 is 17.5 Å². The Labute approximate surface area is 74.5 Å². The lowest BCUT2D eigenvalue weighted by Gasteiger charge is -2.24. The molecule has 13 heavy (non-hydrogen) atoms. The van der Waals surface area contributed by atoms with Crippen LogP contribution in [0.3, 0.4) is 0 Å². The van der Waals surface area contributed by atoms with Crippen LogP contribution in [-0.2, 0) is 0 Å². The smallest absolute Gasteiger partial charge is 0.356 e. The molecule has 6 heteroatoms. The number of hydrogen-bond donors (Lipinski definition) is 3. The van der Waals surface area contributed by atoms with Crippen molar-refractivity contribution in [1.82, 2.24) is 10.2 Å². The third-order valence-corrected chi connectivity index (χ3v) is 2.08. The number of rotatable bonds is 1. The third kappa shape index (κ3) is 1.10. The molecule has 0 amide bonds. The predicted molar refractivity (Wildman–Crippen MR) is 47.3 cm³/mol. The fourth-order valence-corrected chi connectivity index (χ4v) is 1.43. The number of nitrogens with one attached hydrogen (secondary N) is 2. The zero-order chi connectivity index (χ0) is 9.42. The fraction of sp³-hybridized carbons (Fsp3) is 0.429. The minimum absolute atomic E-state index is 0.143. The number of carbonyl (C=O) groups is 1. The third-order valence-electron chi connectivity index (χ3n) is 2.08. The molecule has 2 rings (SSSR count). The number of likely N-dealkylation sites (N-methyl/N-ethyl adjacent to an activating group) is 1. The predicted octanol–water partition coefficient (Wildman–Crippen LogP) is -0.0304. The van der Waals surface area contributed by atoms with Gasteiger partial charge in [0.2, 0.25) is 0 Å². The molecule has 2 heterocycles. The maximum absolute atomic E-state index is 10.8. The Kier molecular flexibility index (Phi) is 1.61. The Balaban J connectivity index is 2.50. The van der Waals surface area contributed by atoms with Crippen LogP contribution < -0.4 is 10.2 Å². The highest BCUT2D eigenvalue weighted by Crippen LogP contribution is 2.28. The summed E-state index contributed by atoms with van der Waals surface area (Å²) >= 11 is 0. The van der Waals surface area contributed by atoms with Crippen LogP contribution in [0.5, 0.6) is 0 Å². The molecule has 1 aromatic heterocycles. The highest BCUT2D eigenvalue weighted by molar-refractivity contribution is 5.96. The Morgan fingerprint density at radius 3 is 3.15 bits per heavy atom. The molecule has 0 radical (unpaired) electrons. The topological polar surface area (TPSA) is 81.2 Å². The average Bonchev–Trinajstić information content (AvgIpc) is 2.49. The van der Waals surface area contributed by atoms with Gasteiger partial charge in [-0.2, -0.15) is 5.10 Å². The monoisotopic (exact) mass is 182 g/mol. The van der Waals surface area contributed by atoms with E-state index >= 15 is 0 Å². The molecule has 0 bridgehead atoms. The zero-order valence-electron chi connectivity index (χ0n) is 7.16. The number of carboxylic acids is 1. The van der Waals surface area contributed by atoms with E-state index in [0.29, 0.717) is 11.5 Å². The van der Waals surface area contributed by atoms with E-state index in [2.05, 4.69) is 15.5 Å². The summed E-state index contributed by atoms with van der Waals surface area (Å²) < 4.78 is 0. The molecule has 3 N–H and O–H groups in total. The molecule has 1 aromatic rings. The quantitative estimate of drug-likeness (QED) is 0.568. The van der Waals surface area contributed by atoms with Gasteiger partial charge in [0.05, 0.1) is 0 Å². The minimum Gasteiger partial charge on any atom is -0.476 e. The number of aromatic amines is 1. The number of aromatic carboxylic acids is 1. The number of nitrogens with zero attached hydrogens (tertiary/aromatic N) is 2. The molecule has 0 saturated heterocycles. The highest BCUT2D eigenvalue weighted by atomic mass is 16.4. The van der Waals surface area contributed by atoms with Gasteiger partial charge in [-0.3, -0.25) is 5.10 Å². The van der Waals surface area contributed by atoms with Gasteiger partial charge in [-0.05, 0) is 0 Å². The lowest BCUT2D eigenvalue weighted by atomic mass is 10.2. The van der Waals surface area contributed by atoms with E-state index in [1.807, 2.05) is 11.9 Å². The molecule has 0 fully saturated rings. The van der Waals surface area contributed by atoms with Crippen LogP contribution in [0.2, 0.25) is 0 Å². The normalized spacial score (nSPS) is 15.0. The van der Waals surface area contributed by atoms with Crippen LogP contribution in [0.1, 0.15) is 10.5 Å². The van der Waals surface area contributed by atoms with Crippen molar-refractivity contribution in [2.24, 2.45) is 0 Å². The molecule has 0 aliphatic carbocycles. The Hall–Kier alpha value is -1.72. The van der Waals surface area contributed by atoms with E-state index in [0.717, 1.165) is 13.1 Å². The molecule has 0 atom stereocenters. The van der Waals surface area contributed by atoms with E-state index in [1.165, 1.54) is 0 Å². The summed E-state index contributed by atoms with van der Waals surface area (Å²) in [5.41, 5.74) is 0.781. The van der Waals surface area contributed by atoms with Crippen LogP contribution in [0.4, 0.5) is 11.5 Å². The molecule has 70 valence electrons. The maximum Gasteiger partial charge on any atom is 0.356 e. The van der Waals surface area contributed by atoms with Crippen molar-refractivity contribution in [3.63, 3.8) is 0 Å². The summed E-state index contributed by atoms with van der Waals surface area (Å²) in [6, 6.07) is 0. The first-order chi connectivity index (χ1) is 6.20. The maximum atomic E-state index is 10.8. The number of aromatic nitrogens is 2. The first-order valence-corrected chi connectivity index (χ1v) is 3.97. The SMILES string of the molecule is CN1CCNc2n[nH]c(C(=O)O)c21. The van der Waals surface area contributed by atoms with Crippen molar-refractivity contribution in [3.05, 3.63) is 5.69 Å². The number of H-pyrrole nitrogens is 1. The Bertz CT molecular complexity index is 346. The van der Waals surface area contributed by atoms with Gasteiger partial charge < -0.3 is 15.3 Å². The Morgan fingerprint density at radius 2 is 2.46 bits per heavy atom. The van der Waals surface area contributed by atoms with Crippen LogP contribution in [0.15, 0.2) is 0 Å². The first kappa shape index (κ1) is 7.90. The summed E-state index contributed by atoms with van der Waals surface area (Å²) in [6.07, 6.45) is 0. The van der Waals surface area contributed by atoms with Gasteiger partial charge in [-0.15, -0.1) is 0 Å². The van der Waals surface area contributed by atoms with Gasteiger partial charge in [0.25, 0.3) is 0 Å². The molecule has 1 aliphatic rings. The largest absolute Gasteiger partial charge is 0.476 e. The summed E-state index contributed by atoms with van der Waals surface area (Å²) in [6.45, 7) is 1.57. The van der Waals surface area contributed by atoms with Gasteiger partial charge in [0, 0.05) is 20.1 Å². The number of carboxylic acid groups (broad SMARTS) is 1. The van der Waals surface area contributed by atoms with E-state index in [1.54, 1.807) is 0 Å². The van der Waals surface area contributed by atoms with Gasteiger partial charge in [0.15, 0.2) is 11.5 Å². The van der Waals surface area contributed by atoms with E-state index in [4.69, 9.17) is 5.11 Å². The van der Waals surface area contributed by atoms with Gasteiger partial charge in [0.1, 0.15) is 5.69 Å². The summed E-state index contributed by atoms with van der Waals surface area (Å²) in [5, 5.41) is 18.2. The zero-order valence-corrected chi connectivity index (χ0v) is 7.16. The molecular formula is C7H10N4O2. The number of fused-ring (bicyclic) bond motifs is 1. The molecule has 0 aromatic carbocycles. The van der Waals surface area contributed by atoms with Gasteiger partial charge in [-0.25, -0.2) is 4.79 Å². The molecule has 1 aliphatic heterocycles. The van der Waals surface area contributed by atoms with Crippen molar-refractivity contribution < 1.29 is 9.90 Å². The summed E-state index contributed by atoms with van der Waals surface area (Å²) in [5.74, 6) is -0.365. The standard InChI is InChI=1S/C7H10N4O2/c1-11-3-2-8-6-5(11)4(7(12)13)9-10-6/h2-3H2,1H3,(H,12,13)(H2,8,9,10). The molecule has 0 unspecified atom stereocenters. The van der Waals surface area contributed by atoms with Crippen LogP contribution in [0.25, 0.3) is 0 Å². The molecule has 6 nitrogen and oxygen atoms in total. The fourth-order valence-electron chi connectivity index (χ4n) is 1.43. The summed E-state index contributed by atoms with van der Waals surface area (Å²) in [7, 11) is 1.85. The van der Waals surface area contributed by atoms with E-state index in [9.17, 15) is 4.79 Å². The summed E-state index contributed by atoms with van der Waals surface area (Å²) in [4.78, 5) is 12.6. The lowest BCUT2D eigenvalue weighted by Crippen LogP contribution is -2.30. The minimum atomic E-state index is -0.982. The number of hydrogen-bond acceptors (Lipinski definition) is 4. The lowest BCUT2D eigenvalue weighted by molar-refractivity contribution is 0.0691. The second kappa shape index (κ2) is 2.65. The second-order valence-corrected chi connectivity index (χ2v) is 2.95.